The van der Waals surface area contributed by atoms with Gasteiger partial charge in [0.2, 0.25) is 0 Å². The van der Waals surface area contributed by atoms with Gasteiger partial charge in [0.1, 0.15) is 11.6 Å². The summed E-state index contributed by atoms with van der Waals surface area (Å²) < 4.78 is 20.3. The molecule has 11 heteroatoms. The highest BCUT2D eigenvalue weighted by molar-refractivity contribution is 8.01. The molecule has 2 aromatic heterocycles. The Bertz CT molecular complexity index is 1730. The van der Waals surface area contributed by atoms with Crippen LogP contribution in [0.5, 0.6) is 0 Å². The third-order valence-corrected chi connectivity index (χ3v) is 7.66. The second-order valence-corrected chi connectivity index (χ2v) is 10.4. The Kier molecular flexibility index (Phi) is 6.06. The van der Waals surface area contributed by atoms with Crippen LogP contribution in [0.4, 0.5) is 10.1 Å². The van der Waals surface area contributed by atoms with E-state index in [0.29, 0.717) is 32.0 Å². The molecule has 186 valence electrons. The van der Waals surface area contributed by atoms with E-state index in [1.54, 1.807) is 54.6 Å². The van der Waals surface area contributed by atoms with E-state index in [1.807, 2.05) is 0 Å². The third kappa shape index (κ3) is 4.49. The number of aromatic nitrogens is 1. The van der Waals surface area contributed by atoms with Crippen LogP contribution in [0.3, 0.4) is 0 Å². The normalized spacial score (nSPS) is 13.0. The summed E-state index contributed by atoms with van der Waals surface area (Å²) in [6.07, 6.45) is 1.36. The molecule has 38 heavy (non-hydrogen) atoms. The fourth-order valence-corrected chi connectivity index (χ4v) is 5.87. The molecule has 8 nitrogen and oxygen atoms in total. The molecular formula is C27H15FN4O4S2. The molecule has 5 aromatic rings. The minimum Gasteiger partial charge on any atom is -0.448 e. The molecule has 0 atom stereocenters. The number of carbonyl (C=O) groups is 3. The Hall–Kier alpha value is -4.61. The Morgan fingerprint density at radius 3 is 2.47 bits per heavy atom. The van der Waals surface area contributed by atoms with Gasteiger partial charge >= 0.3 is 0 Å². The van der Waals surface area contributed by atoms with Crippen molar-refractivity contribution in [3.63, 3.8) is 0 Å². The molecule has 6 rings (SSSR count). The Labute approximate surface area is 222 Å². The van der Waals surface area contributed by atoms with E-state index in [4.69, 9.17) is 4.42 Å². The molecule has 0 radical (unpaired) electrons. The molecule has 0 fully saturated rings. The van der Waals surface area contributed by atoms with E-state index in [2.05, 4.69) is 15.5 Å². The van der Waals surface area contributed by atoms with E-state index in [1.165, 1.54) is 58.5 Å². The quantitative estimate of drug-likeness (QED) is 0.167. The molecule has 3 amide bonds. The Morgan fingerprint density at radius 2 is 1.74 bits per heavy atom. The SMILES string of the molecule is O=C(N/N=C\c1ccc(Sc2nc3ccc(N4C(=O)c5ccccc5C4=O)cc3s2)o1)c1ccc(F)cc1. The highest BCUT2D eigenvalue weighted by atomic mass is 32.2. The van der Waals surface area contributed by atoms with Crippen LogP contribution >= 0.6 is 23.1 Å². The van der Waals surface area contributed by atoms with Crippen molar-refractivity contribution in [1.82, 2.24) is 10.4 Å². The molecule has 1 aliphatic rings. The first-order valence-corrected chi connectivity index (χ1v) is 12.8. The predicted octanol–water partition coefficient (Wildman–Crippen LogP) is 5.74. The summed E-state index contributed by atoms with van der Waals surface area (Å²) in [6, 6.07) is 20.6. The summed E-state index contributed by atoms with van der Waals surface area (Å²) >= 11 is 2.72. The summed E-state index contributed by atoms with van der Waals surface area (Å²) in [5.74, 6) is -1.18. The van der Waals surface area contributed by atoms with E-state index in [0.717, 1.165) is 10.2 Å². The topological polar surface area (TPSA) is 105 Å². The van der Waals surface area contributed by atoms with Crippen LogP contribution in [0.25, 0.3) is 10.2 Å². The van der Waals surface area contributed by atoms with E-state index in [-0.39, 0.29) is 17.4 Å². The Balaban J connectivity index is 1.14. The van der Waals surface area contributed by atoms with Crippen molar-refractivity contribution in [1.29, 1.82) is 0 Å². The molecule has 3 heterocycles. The first-order chi connectivity index (χ1) is 18.5. The summed E-state index contributed by atoms with van der Waals surface area (Å²) in [7, 11) is 0. The van der Waals surface area contributed by atoms with Crippen molar-refractivity contribution < 1.29 is 23.2 Å². The predicted molar refractivity (Wildman–Crippen MR) is 141 cm³/mol. The third-order valence-electron chi connectivity index (χ3n) is 5.66. The number of hydrogen-bond donors (Lipinski definition) is 1. The molecule has 0 aliphatic carbocycles. The molecule has 0 unspecified atom stereocenters. The summed E-state index contributed by atoms with van der Waals surface area (Å²) in [5.41, 5.74) is 4.65. The highest BCUT2D eigenvalue weighted by Gasteiger charge is 2.36. The first kappa shape index (κ1) is 23.8. The number of nitrogens with one attached hydrogen (secondary N) is 1. The van der Waals surface area contributed by atoms with Gasteiger partial charge in [0, 0.05) is 5.56 Å². The average molecular weight is 543 g/mol. The molecular weight excluding hydrogens is 527 g/mol. The lowest BCUT2D eigenvalue weighted by molar-refractivity contribution is 0.0922. The number of carbonyl (C=O) groups excluding carboxylic acids is 3. The zero-order valence-corrected chi connectivity index (χ0v) is 20.9. The zero-order valence-electron chi connectivity index (χ0n) is 19.3. The van der Waals surface area contributed by atoms with Gasteiger partial charge in [0.25, 0.3) is 17.7 Å². The number of thiazole rings is 1. The minimum absolute atomic E-state index is 0.279. The molecule has 1 aliphatic heterocycles. The second kappa shape index (κ2) is 9.69. The van der Waals surface area contributed by atoms with Gasteiger partial charge in [-0.3, -0.25) is 14.4 Å². The number of hydrazone groups is 1. The van der Waals surface area contributed by atoms with Crippen LogP contribution < -0.4 is 10.3 Å². The number of hydrogen-bond acceptors (Lipinski definition) is 8. The number of fused-ring (bicyclic) bond motifs is 2. The number of benzene rings is 3. The van der Waals surface area contributed by atoms with Gasteiger partial charge in [-0.25, -0.2) is 19.7 Å². The number of halogens is 1. The van der Waals surface area contributed by atoms with Gasteiger partial charge in [-0.15, -0.1) is 11.3 Å². The maximum Gasteiger partial charge on any atom is 0.271 e. The molecule has 0 spiro atoms. The molecule has 3 aromatic carbocycles. The zero-order chi connectivity index (χ0) is 26.2. The number of rotatable bonds is 6. The van der Waals surface area contributed by atoms with E-state index < -0.39 is 11.7 Å². The smallest absolute Gasteiger partial charge is 0.271 e. The van der Waals surface area contributed by atoms with Crippen LogP contribution in [0, 0.1) is 5.82 Å². The van der Waals surface area contributed by atoms with E-state index >= 15 is 0 Å². The maximum absolute atomic E-state index is 13.0. The lowest BCUT2D eigenvalue weighted by atomic mass is 10.1. The molecule has 0 saturated carbocycles. The molecule has 1 N–H and O–H groups in total. The van der Waals surface area contributed by atoms with Crippen LogP contribution in [0.15, 0.2) is 97.8 Å². The van der Waals surface area contributed by atoms with Gasteiger partial charge in [-0.1, -0.05) is 12.1 Å². The van der Waals surface area contributed by atoms with Gasteiger partial charge in [0.05, 0.1) is 33.2 Å². The van der Waals surface area contributed by atoms with Crippen molar-refractivity contribution >= 4 is 62.9 Å². The fourth-order valence-electron chi connectivity index (χ4n) is 3.86. The van der Waals surface area contributed by atoms with Crippen LogP contribution in [0.2, 0.25) is 0 Å². The highest BCUT2D eigenvalue weighted by Crippen LogP contribution is 2.37. The number of imide groups is 1. The van der Waals surface area contributed by atoms with Gasteiger partial charge < -0.3 is 4.42 Å². The van der Waals surface area contributed by atoms with E-state index in [9.17, 15) is 18.8 Å². The summed E-state index contributed by atoms with van der Waals surface area (Å²) in [4.78, 5) is 43.5. The van der Waals surface area contributed by atoms with Crippen LogP contribution in [0.1, 0.15) is 36.8 Å². The molecule has 0 saturated heterocycles. The number of amides is 3. The fraction of sp³-hybridized carbons (Fsp3) is 0. The van der Waals surface area contributed by atoms with Crippen LogP contribution in [-0.2, 0) is 0 Å². The van der Waals surface area contributed by atoms with Gasteiger partial charge in [-0.2, -0.15) is 5.10 Å². The number of furan rings is 1. The first-order valence-electron chi connectivity index (χ1n) is 11.2. The number of anilines is 1. The largest absolute Gasteiger partial charge is 0.448 e. The van der Waals surface area contributed by atoms with Gasteiger partial charge in [0.15, 0.2) is 9.43 Å². The Morgan fingerprint density at radius 1 is 1.00 bits per heavy atom. The lowest BCUT2D eigenvalue weighted by Gasteiger charge is -2.13. The monoisotopic (exact) mass is 542 g/mol. The summed E-state index contributed by atoms with van der Waals surface area (Å²) in [6.45, 7) is 0. The molecule has 0 bridgehead atoms. The average Bonchev–Trinajstić information content (AvgIpc) is 3.60. The van der Waals surface area contributed by atoms with Crippen LogP contribution in [-0.4, -0.2) is 28.9 Å². The summed E-state index contributed by atoms with van der Waals surface area (Å²) in [5, 5.41) is 4.44. The maximum atomic E-state index is 13.0. The minimum atomic E-state index is -0.475. The lowest BCUT2D eigenvalue weighted by Crippen LogP contribution is -2.29. The second-order valence-electron chi connectivity index (χ2n) is 8.09. The van der Waals surface area contributed by atoms with Crippen molar-refractivity contribution in [2.24, 2.45) is 5.10 Å². The standard InChI is InChI=1S/C27H15FN4O4S2/c28-16-7-5-15(6-8-16)24(33)31-29-14-18-10-12-23(36-18)38-27-30-21-11-9-17(13-22(21)37-27)32-25(34)19-3-1-2-4-20(19)26(32)35/h1-14H,(H,31,33)/b29-14-. The van der Waals surface area contributed by atoms with Crippen molar-refractivity contribution in [3.8, 4) is 0 Å². The van der Waals surface area contributed by atoms with Crippen molar-refractivity contribution in [2.75, 3.05) is 4.90 Å². The van der Waals surface area contributed by atoms with Crippen molar-refractivity contribution in [3.05, 3.63) is 107 Å². The van der Waals surface area contributed by atoms with Gasteiger partial charge in [-0.05, 0) is 78.5 Å². The number of nitrogens with zero attached hydrogens (tertiary/aromatic N) is 3. The van der Waals surface area contributed by atoms with Crippen molar-refractivity contribution in [2.45, 2.75) is 9.43 Å².